The topological polar surface area (TPSA) is 28.2 Å². The average molecular weight is 358 g/mol. The lowest BCUT2D eigenvalue weighted by molar-refractivity contribution is 0.216. The van der Waals surface area contributed by atoms with Crippen LogP contribution in [0.3, 0.4) is 0 Å². The van der Waals surface area contributed by atoms with Crippen LogP contribution in [0.1, 0.15) is 68.0 Å². The zero-order valence-corrected chi connectivity index (χ0v) is 16.6. The van der Waals surface area contributed by atoms with Crippen LogP contribution < -0.4 is 5.32 Å². The second-order valence-electron chi connectivity index (χ2n) is 8.39. The van der Waals surface area contributed by atoms with E-state index in [0.717, 1.165) is 18.5 Å². The SMILES string of the molecule is CC1CCC(c2ccc3sc(C4CCC(N(C)C)CC4)nc3c2)NC1. The average Bonchev–Trinajstić information content (AvgIpc) is 3.05. The molecule has 2 fully saturated rings. The highest BCUT2D eigenvalue weighted by Gasteiger charge is 2.26. The molecule has 0 radical (unpaired) electrons. The van der Waals surface area contributed by atoms with Gasteiger partial charge in [-0.2, -0.15) is 0 Å². The van der Waals surface area contributed by atoms with Gasteiger partial charge in [-0.3, -0.25) is 0 Å². The molecule has 1 aromatic carbocycles. The maximum absolute atomic E-state index is 5.05. The minimum atomic E-state index is 0.515. The van der Waals surface area contributed by atoms with Gasteiger partial charge < -0.3 is 10.2 Å². The molecule has 25 heavy (non-hydrogen) atoms. The molecule has 2 aliphatic rings. The monoisotopic (exact) mass is 357 g/mol. The van der Waals surface area contributed by atoms with Gasteiger partial charge in [-0.05, 0) is 82.8 Å². The fraction of sp³-hybridized carbons (Fsp3) is 0.667. The molecule has 0 spiro atoms. The Bertz CT molecular complexity index is 707. The molecule has 1 aliphatic carbocycles. The number of hydrogen-bond acceptors (Lipinski definition) is 4. The maximum atomic E-state index is 5.05. The Kier molecular flexibility index (Phi) is 5.12. The third kappa shape index (κ3) is 3.76. The minimum Gasteiger partial charge on any atom is -0.310 e. The van der Waals surface area contributed by atoms with Crippen molar-refractivity contribution >= 4 is 21.6 Å². The highest BCUT2D eigenvalue weighted by molar-refractivity contribution is 7.18. The number of aromatic nitrogens is 1. The highest BCUT2D eigenvalue weighted by atomic mass is 32.1. The molecule has 2 heterocycles. The number of fused-ring (bicyclic) bond motifs is 1. The van der Waals surface area contributed by atoms with Crippen molar-refractivity contribution in [2.24, 2.45) is 5.92 Å². The summed E-state index contributed by atoms with van der Waals surface area (Å²) in [6.45, 7) is 3.48. The van der Waals surface area contributed by atoms with Gasteiger partial charge in [-0.15, -0.1) is 11.3 Å². The molecule has 0 bridgehead atoms. The van der Waals surface area contributed by atoms with Crippen molar-refractivity contribution in [1.29, 1.82) is 0 Å². The molecule has 4 rings (SSSR count). The summed E-state index contributed by atoms with van der Waals surface area (Å²) in [6.07, 6.45) is 7.77. The van der Waals surface area contributed by atoms with Gasteiger partial charge in [0.15, 0.2) is 0 Å². The molecule has 1 saturated carbocycles. The summed E-state index contributed by atoms with van der Waals surface area (Å²) in [5.74, 6) is 1.48. The zero-order chi connectivity index (χ0) is 17.4. The van der Waals surface area contributed by atoms with E-state index in [2.05, 4.69) is 49.4 Å². The van der Waals surface area contributed by atoms with Crippen molar-refractivity contribution < 1.29 is 0 Å². The third-order valence-corrected chi connectivity index (χ3v) is 7.47. The zero-order valence-electron chi connectivity index (χ0n) is 15.8. The van der Waals surface area contributed by atoms with Crippen LogP contribution in [0.15, 0.2) is 18.2 Å². The summed E-state index contributed by atoms with van der Waals surface area (Å²) in [5, 5.41) is 5.08. The van der Waals surface area contributed by atoms with Crippen LogP contribution in [0.2, 0.25) is 0 Å². The van der Waals surface area contributed by atoms with Crippen LogP contribution in [0, 0.1) is 5.92 Å². The summed E-state index contributed by atoms with van der Waals surface area (Å²) < 4.78 is 1.36. The first-order valence-corrected chi connectivity index (χ1v) is 10.7. The lowest BCUT2D eigenvalue weighted by atomic mass is 9.86. The first-order valence-electron chi connectivity index (χ1n) is 9.90. The highest BCUT2D eigenvalue weighted by Crippen LogP contribution is 2.38. The van der Waals surface area contributed by atoms with Crippen LogP contribution in [-0.2, 0) is 0 Å². The Balaban J connectivity index is 1.49. The van der Waals surface area contributed by atoms with Gasteiger partial charge in [0.1, 0.15) is 0 Å². The van der Waals surface area contributed by atoms with E-state index < -0.39 is 0 Å². The van der Waals surface area contributed by atoms with E-state index in [4.69, 9.17) is 4.98 Å². The number of benzene rings is 1. The Labute approximate surface area is 155 Å². The lowest BCUT2D eigenvalue weighted by Gasteiger charge is -2.31. The molecule has 3 nitrogen and oxygen atoms in total. The fourth-order valence-corrected chi connectivity index (χ4v) is 5.59. The normalized spacial score (nSPS) is 30.9. The van der Waals surface area contributed by atoms with Crippen LogP contribution in [0.4, 0.5) is 0 Å². The van der Waals surface area contributed by atoms with E-state index in [0.29, 0.717) is 12.0 Å². The van der Waals surface area contributed by atoms with Crippen molar-refractivity contribution in [3.8, 4) is 0 Å². The molecule has 4 heteroatoms. The number of piperidine rings is 1. The predicted octanol–water partition coefficient (Wildman–Crippen LogP) is 4.94. The third-order valence-electron chi connectivity index (χ3n) is 6.27. The number of hydrogen-bond donors (Lipinski definition) is 1. The minimum absolute atomic E-state index is 0.515. The van der Waals surface area contributed by atoms with Gasteiger partial charge in [0, 0.05) is 18.0 Å². The molecule has 1 aliphatic heterocycles. The first kappa shape index (κ1) is 17.4. The largest absolute Gasteiger partial charge is 0.310 e. The van der Waals surface area contributed by atoms with Crippen molar-refractivity contribution in [2.75, 3.05) is 20.6 Å². The van der Waals surface area contributed by atoms with E-state index in [-0.39, 0.29) is 0 Å². The van der Waals surface area contributed by atoms with Gasteiger partial charge in [0.25, 0.3) is 0 Å². The molecule has 2 unspecified atom stereocenters. The standard InChI is InChI=1S/C21H31N3S/c1-14-4-10-18(22-13-14)16-7-11-20-19(12-16)23-21(25-20)15-5-8-17(9-6-15)24(2)3/h7,11-12,14-15,17-18,22H,4-6,8-10,13H2,1-3H3. The fourth-order valence-electron chi connectivity index (χ4n) is 4.48. The molecule has 1 saturated heterocycles. The smallest absolute Gasteiger partial charge is 0.0969 e. The molecule has 1 N–H and O–H groups in total. The summed E-state index contributed by atoms with van der Waals surface area (Å²) in [7, 11) is 4.43. The lowest BCUT2D eigenvalue weighted by Crippen LogP contribution is -2.31. The predicted molar refractivity (Wildman–Crippen MR) is 107 cm³/mol. The summed E-state index contributed by atoms with van der Waals surface area (Å²) in [4.78, 5) is 7.44. The van der Waals surface area contributed by atoms with E-state index in [9.17, 15) is 0 Å². The maximum Gasteiger partial charge on any atom is 0.0969 e. The molecule has 2 atom stereocenters. The Morgan fingerprint density at radius 2 is 1.88 bits per heavy atom. The number of nitrogens with one attached hydrogen (secondary N) is 1. The molecule has 1 aromatic heterocycles. The molecule has 136 valence electrons. The van der Waals surface area contributed by atoms with Crippen molar-refractivity contribution in [1.82, 2.24) is 15.2 Å². The van der Waals surface area contributed by atoms with Gasteiger partial charge in [0.05, 0.1) is 15.2 Å². The number of nitrogens with zero attached hydrogens (tertiary/aromatic N) is 2. The van der Waals surface area contributed by atoms with E-state index in [1.54, 1.807) is 0 Å². The van der Waals surface area contributed by atoms with Crippen LogP contribution in [0.5, 0.6) is 0 Å². The van der Waals surface area contributed by atoms with Gasteiger partial charge >= 0.3 is 0 Å². The van der Waals surface area contributed by atoms with Crippen LogP contribution in [0.25, 0.3) is 10.2 Å². The first-order chi connectivity index (χ1) is 12.1. The van der Waals surface area contributed by atoms with Gasteiger partial charge in [-0.25, -0.2) is 4.98 Å². The second-order valence-corrected chi connectivity index (χ2v) is 9.45. The molecular formula is C21H31N3S. The molecule has 0 amide bonds. The van der Waals surface area contributed by atoms with E-state index in [1.165, 1.54) is 59.3 Å². The van der Waals surface area contributed by atoms with Gasteiger partial charge in [0.2, 0.25) is 0 Å². The number of thiazole rings is 1. The van der Waals surface area contributed by atoms with E-state index in [1.807, 2.05) is 11.3 Å². The van der Waals surface area contributed by atoms with Crippen molar-refractivity contribution in [3.05, 3.63) is 28.8 Å². The second kappa shape index (κ2) is 7.34. The van der Waals surface area contributed by atoms with E-state index >= 15 is 0 Å². The van der Waals surface area contributed by atoms with Crippen molar-refractivity contribution in [3.63, 3.8) is 0 Å². The summed E-state index contributed by atoms with van der Waals surface area (Å²) in [5.41, 5.74) is 2.64. The van der Waals surface area contributed by atoms with Gasteiger partial charge in [-0.1, -0.05) is 13.0 Å². The van der Waals surface area contributed by atoms with Crippen molar-refractivity contribution in [2.45, 2.75) is 63.5 Å². The molecular weight excluding hydrogens is 326 g/mol. The quantitative estimate of drug-likeness (QED) is 0.843. The Hall–Kier alpha value is -0.970. The van der Waals surface area contributed by atoms with Crippen LogP contribution >= 0.6 is 11.3 Å². The number of rotatable bonds is 3. The summed E-state index contributed by atoms with van der Waals surface area (Å²) in [6, 6.07) is 8.24. The van der Waals surface area contributed by atoms with Crippen LogP contribution in [-0.4, -0.2) is 36.6 Å². The summed E-state index contributed by atoms with van der Waals surface area (Å²) >= 11 is 1.92. The molecule has 2 aromatic rings. The Morgan fingerprint density at radius 1 is 1.08 bits per heavy atom. The Morgan fingerprint density at radius 3 is 2.56 bits per heavy atom.